The minimum atomic E-state index is 0.392. The molecule has 1 aliphatic heterocycles. The second-order valence-electron chi connectivity index (χ2n) is 5.01. The molecule has 0 amide bonds. The van der Waals surface area contributed by atoms with Gasteiger partial charge in [-0.05, 0) is 51.5 Å². The molecule has 1 fully saturated rings. The molecular formula is C13H23N3S. The highest BCUT2D eigenvalue weighted by Gasteiger charge is 2.37. The fourth-order valence-electron chi connectivity index (χ4n) is 2.62. The summed E-state index contributed by atoms with van der Waals surface area (Å²) in [5.74, 6) is 1.31. The maximum Gasteiger partial charge on any atom is 0.0522 e. The molecule has 2 rings (SSSR count). The molecule has 0 bridgehead atoms. The summed E-state index contributed by atoms with van der Waals surface area (Å²) in [6.45, 7) is 5.48. The van der Waals surface area contributed by atoms with Crippen molar-refractivity contribution in [1.29, 1.82) is 0 Å². The highest BCUT2D eigenvalue weighted by atomic mass is 32.2. The molecule has 2 atom stereocenters. The predicted molar refractivity (Wildman–Crippen MR) is 74.5 cm³/mol. The van der Waals surface area contributed by atoms with Crippen LogP contribution in [0.5, 0.6) is 0 Å². The highest BCUT2D eigenvalue weighted by molar-refractivity contribution is 8.00. The molecule has 3 nitrogen and oxygen atoms in total. The van der Waals surface area contributed by atoms with Gasteiger partial charge in [0.1, 0.15) is 0 Å². The van der Waals surface area contributed by atoms with Crippen LogP contribution in [0.1, 0.15) is 32.3 Å². The van der Waals surface area contributed by atoms with Gasteiger partial charge < -0.3 is 5.32 Å². The Hall–Kier alpha value is -0.480. The zero-order valence-electron chi connectivity index (χ0n) is 11.1. The molecule has 0 spiro atoms. The van der Waals surface area contributed by atoms with Crippen molar-refractivity contribution in [1.82, 2.24) is 15.1 Å². The van der Waals surface area contributed by atoms with Crippen molar-refractivity contribution in [3.8, 4) is 0 Å². The molecule has 1 aliphatic rings. The van der Waals surface area contributed by atoms with Crippen molar-refractivity contribution < 1.29 is 0 Å². The Kier molecular flexibility index (Phi) is 4.15. The van der Waals surface area contributed by atoms with Crippen LogP contribution in [0, 0.1) is 0 Å². The number of thioether (sulfide) groups is 1. The Labute approximate surface area is 108 Å². The SMILES string of the molecule is CCn1cc(CC(NC)C2(C)CCCS2)cn1. The van der Waals surface area contributed by atoms with Gasteiger partial charge in [-0.1, -0.05) is 0 Å². The van der Waals surface area contributed by atoms with Crippen molar-refractivity contribution >= 4 is 11.8 Å². The summed E-state index contributed by atoms with van der Waals surface area (Å²) in [4.78, 5) is 0. The first-order valence-corrected chi connectivity index (χ1v) is 7.49. The van der Waals surface area contributed by atoms with Crippen LogP contribution in [0.15, 0.2) is 12.4 Å². The lowest BCUT2D eigenvalue weighted by Crippen LogP contribution is -2.45. The molecule has 1 aromatic heterocycles. The Morgan fingerprint density at radius 1 is 1.65 bits per heavy atom. The van der Waals surface area contributed by atoms with Crippen LogP contribution in [0.2, 0.25) is 0 Å². The number of aromatic nitrogens is 2. The molecular weight excluding hydrogens is 230 g/mol. The number of rotatable bonds is 5. The van der Waals surface area contributed by atoms with E-state index in [1.165, 1.54) is 24.2 Å². The molecule has 0 saturated carbocycles. The van der Waals surface area contributed by atoms with E-state index >= 15 is 0 Å². The Bertz CT molecular complexity index is 355. The minimum Gasteiger partial charge on any atom is -0.315 e. The van der Waals surface area contributed by atoms with Crippen LogP contribution in [-0.4, -0.2) is 33.4 Å². The lowest BCUT2D eigenvalue weighted by atomic mass is 9.92. The van der Waals surface area contributed by atoms with Crippen LogP contribution >= 0.6 is 11.8 Å². The summed E-state index contributed by atoms with van der Waals surface area (Å²) in [5, 5.41) is 7.86. The first-order chi connectivity index (χ1) is 8.18. The van der Waals surface area contributed by atoms with Crippen LogP contribution in [0.3, 0.4) is 0 Å². The molecule has 17 heavy (non-hydrogen) atoms. The fourth-order valence-corrected chi connectivity index (χ4v) is 4.07. The molecule has 1 aromatic rings. The van der Waals surface area contributed by atoms with E-state index in [4.69, 9.17) is 0 Å². The zero-order valence-corrected chi connectivity index (χ0v) is 11.9. The van der Waals surface area contributed by atoms with Crippen LogP contribution < -0.4 is 5.32 Å². The molecule has 1 N–H and O–H groups in total. The monoisotopic (exact) mass is 253 g/mol. The van der Waals surface area contributed by atoms with E-state index in [0.717, 1.165) is 13.0 Å². The first kappa shape index (κ1) is 13.0. The van der Waals surface area contributed by atoms with Crippen molar-refractivity contribution in [3.63, 3.8) is 0 Å². The standard InChI is InChI=1S/C13H23N3S/c1-4-16-10-11(9-15-16)8-12(14-3)13(2)6-5-7-17-13/h9-10,12,14H,4-8H2,1-3H3. The van der Waals surface area contributed by atoms with E-state index in [9.17, 15) is 0 Å². The maximum absolute atomic E-state index is 4.35. The van der Waals surface area contributed by atoms with Gasteiger partial charge in [-0.2, -0.15) is 16.9 Å². The van der Waals surface area contributed by atoms with Gasteiger partial charge in [-0.15, -0.1) is 0 Å². The van der Waals surface area contributed by atoms with E-state index in [-0.39, 0.29) is 0 Å². The molecule has 1 saturated heterocycles. The molecule has 0 aliphatic carbocycles. The van der Waals surface area contributed by atoms with E-state index in [0.29, 0.717) is 10.8 Å². The first-order valence-electron chi connectivity index (χ1n) is 6.50. The Morgan fingerprint density at radius 2 is 2.47 bits per heavy atom. The Balaban J connectivity index is 2.04. The van der Waals surface area contributed by atoms with E-state index in [1.54, 1.807) is 0 Å². The van der Waals surface area contributed by atoms with Crippen LogP contribution in [0.4, 0.5) is 0 Å². The topological polar surface area (TPSA) is 29.9 Å². The summed E-state index contributed by atoms with van der Waals surface area (Å²) in [5.41, 5.74) is 1.35. The van der Waals surface area contributed by atoms with Gasteiger partial charge >= 0.3 is 0 Å². The predicted octanol–water partition coefficient (Wildman–Crippen LogP) is 2.32. The van der Waals surface area contributed by atoms with Crippen molar-refractivity contribution in [2.45, 2.75) is 50.4 Å². The zero-order chi connectivity index (χ0) is 12.3. The van der Waals surface area contributed by atoms with Gasteiger partial charge in [-0.3, -0.25) is 4.68 Å². The fraction of sp³-hybridized carbons (Fsp3) is 0.769. The van der Waals surface area contributed by atoms with E-state index in [1.807, 2.05) is 10.9 Å². The number of nitrogens with zero attached hydrogens (tertiary/aromatic N) is 2. The number of aryl methyl sites for hydroxylation is 1. The number of hydrogen-bond acceptors (Lipinski definition) is 3. The molecule has 2 unspecified atom stereocenters. The van der Waals surface area contributed by atoms with Gasteiger partial charge in [-0.25, -0.2) is 0 Å². The van der Waals surface area contributed by atoms with Crippen LogP contribution in [0.25, 0.3) is 0 Å². The summed E-state index contributed by atoms with van der Waals surface area (Å²) in [6.07, 6.45) is 7.95. The molecule has 2 heterocycles. The summed E-state index contributed by atoms with van der Waals surface area (Å²) in [7, 11) is 2.08. The quantitative estimate of drug-likeness (QED) is 0.873. The molecule has 4 heteroatoms. The van der Waals surface area contributed by atoms with Gasteiger partial charge in [0, 0.05) is 23.5 Å². The minimum absolute atomic E-state index is 0.392. The normalized spacial score (nSPS) is 26.3. The van der Waals surface area contributed by atoms with Gasteiger partial charge in [0.25, 0.3) is 0 Å². The van der Waals surface area contributed by atoms with Gasteiger partial charge in [0.15, 0.2) is 0 Å². The lowest BCUT2D eigenvalue weighted by Gasteiger charge is -2.33. The van der Waals surface area contributed by atoms with E-state index < -0.39 is 0 Å². The number of likely N-dealkylation sites (N-methyl/N-ethyl adjacent to an activating group) is 1. The second-order valence-corrected chi connectivity index (χ2v) is 6.64. The Morgan fingerprint density at radius 3 is 3.00 bits per heavy atom. The molecule has 96 valence electrons. The average molecular weight is 253 g/mol. The van der Waals surface area contributed by atoms with Crippen molar-refractivity contribution in [3.05, 3.63) is 18.0 Å². The third kappa shape index (κ3) is 2.86. The highest BCUT2D eigenvalue weighted by Crippen LogP contribution is 2.41. The maximum atomic E-state index is 4.35. The third-order valence-electron chi connectivity index (χ3n) is 3.79. The van der Waals surface area contributed by atoms with E-state index in [2.05, 4.69) is 49.3 Å². The van der Waals surface area contributed by atoms with Gasteiger partial charge in [0.2, 0.25) is 0 Å². The largest absolute Gasteiger partial charge is 0.315 e. The van der Waals surface area contributed by atoms with Crippen molar-refractivity contribution in [2.24, 2.45) is 0 Å². The number of nitrogens with one attached hydrogen (secondary N) is 1. The van der Waals surface area contributed by atoms with Crippen LogP contribution in [-0.2, 0) is 13.0 Å². The third-order valence-corrected chi connectivity index (χ3v) is 5.43. The molecule has 0 radical (unpaired) electrons. The molecule has 0 aromatic carbocycles. The number of hydrogen-bond donors (Lipinski definition) is 1. The summed E-state index contributed by atoms with van der Waals surface area (Å²) < 4.78 is 2.40. The summed E-state index contributed by atoms with van der Waals surface area (Å²) in [6, 6.07) is 0.546. The average Bonchev–Trinajstić information content (AvgIpc) is 2.95. The lowest BCUT2D eigenvalue weighted by molar-refractivity contribution is 0.424. The summed E-state index contributed by atoms with van der Waals surface area (Å²) >= 11 is 2.12. The smallest absolute Gasteiger partial charge is 0.0522 e. The van der Waals surface area contributed by atoms with Gasteiger partial charge in [0.05, 0.1) is 6.20 Å². The van der Waals surface area contributed by atoms with Crippen molar-refractivity contribution in [2.75, 3.05) is 12.8 Å². The second kappa shape index (κ2) is 5.44.